The summed E-state index contributed by atoms with van der Waals surface area (Å²) in [6.45, 7) is 4.14. The number of fused-ring (bicyclic) bond motifs is 1. The van der Waals surface area contributed by atoms with Gasteiger partial charge in [0.15, 0.2) is 5.65 Å². The predicted molar refractivity (Wildman–Crippen MR) is 95.1 cm³/mol. The number of primary amides is 1. The highest BCUT2D eigenvalue weighted by atomic mass is 16.5. The van der Waals surface area contributed by atoms with Crippen molar-refractivity contribution in [3.8, 4) is 5.75 Å². The second kappa shape index (κ2) is 7.22. The fraction of sp³-hybridized carbons (Fsp3) is 0.222. The van der Waals surface area contributed by atoms with Gasteiger partial charge in [-0.25, -0.2) is 9.50 Å². The van der Waals surface area contributed by atoms with E-state index in [9.17, 15) is 9.59 Å². The largest absolute Gasteiger partial charge is 0.489 e. The van der Waals surface area contributed by atoms with E-state index < -0.39 is 5.91 Å². The molecule has 0 spiro atoms. The zero-order chi connectivity index (χ0) is 18.7. The number of aryl methyl sites for hydroxylation is 1. The predicted octanol–water partition coefficient (Wildman–Crippen LogP) is 1.33. The molecule has 0 radical (unpaired) electrons. The lowest BCUT2D eigenvalue weighted by Crippen LogP contribution is -2.34. The molecule has 3 N–H and O–H groups in total. The van der Waals surface area contributed by atoms with Crippen LogP contribution in [0.3, 0.4) is 0 Å². The van der Waals surface area contributed by atoms with E-state index in [0.29, 0.717) is 6.54 Å². The van der Waals surface area contributed by atoms with Crippen LogP contribution in [0.1, 0.15) is 33.3 Å². The minimum absolute atomic E-state index is 0.163. The average Bonchev–Trinajstić information content (AvgIpc) is 3.06. The van der Waals surface area contributed by atoms with Gasteiger partial charge in [0.25, 0.3) is 11.8 Å². The van der Waals surface area contributed by atoms with Crippen molar-refractivity contribution < 1.29 is 14.3 Å². The van der Waals surface area contributed by atoms with Crippen LogP contribution in [0.25, 0.3) is 5.65 Å². The molecule has 2 aromatic heterocycles. The van der Waals surface area contributed by atoms with Gasteiger partial charge in [-0.15, -0.1) is 0 Å². The first-order chi connectivity index (χ1) is 12.5. The van der Waals surface area contributed by atoms with Crippen LogP contribution in [0.4, 0.5) is 0 Å². The summed E-state index contributed by atoms with van der Waals surface area (Å²) >= 11 is 0. The van der Waals surface area contributed by atoms with Crippen molar-refractivity contribution in [3.63, 3.8) is 0 Å². The number of amides is 2. The quantitative estimate of drug-likeness (QED) is 0.694. The zero-order valence-electron chi connectivity index (χ0n) is 14.5. The maximum Gasteiger partial charge on any atom is 0.270 e. The normalized spacial score (nSPS) is 11.9. The van der Waals surface area contributed by atoms with Crippen LogP contribution in [0.5, 0.6) is 5.75 Å². The van der Waals surface area contributed by atoms with Gasteiger partial charge in [0, 0.05) is 6.20 Å². The van der Waals surface area contributed by atoms with E-state index in [-0.39, 0.29) is 28.9 Å². The number of para-hydroxylation sites is 1. The van der Waals surface area contributed by atoms with Crippen molar-refractivity contribution in [1.29, 1.82) is 0 Å². The molecule has 0 aliphatic heterocycles. The molecule has 26 heavy (non-hydrogen) atoms. The van der Waals surface area contributed by atoms with Crippen LogP contribution in [-0.4, -0.2) is 39.1 Å². The zero-order valence-corrected chi connectivity index (χ0v) is 14.5. The summed E-state index contributed by atoms with van der Waals surface area (Å²) in [6.07, 6.45) is 2.51. The molecule has 1 atom stereocenters. The molecule has 0 aliphatic carbocycles. The van der Waals surface area contributed by atoms with Gasteiger partial charge in [0.1, 0.15) is 23.1 Å². The SMILES string of the molecule is Cc1ccccc1OC(C)CNC(=O)c1ccnc2c(C(N)=O)cnn12. The minimum Gasteiger partial charge on any atom is -0.489 e. The number of benzene rings is 1. The summed E-state index contributed by atoms with van der Waals surface area (Å²) in [4.78, 5) is 27.9. The smallest absolute Gasteiger partial charge is 0.270 e. The molecular formula is C18H19N5O3. The third kappa shape index (κ3) is 3.49. The molecule has 3 rings (SSSR count). The number of nitrogens with zero attached hydrogens (tertiary/aromatic N) is 3. The van der Waals surface area contributed by atoms with E-state index in [1.165, 1.54) is 23.0 Å². The first kappa shape index (κ1) is 17.4. The lowest BCUT2D eigenvalue weighted by Gasteiger charge is -2.17. The van der Waals surface area contributed by atoms with Crippen LogP contribution in [-0.2, 0) is 0 Å². The Hall–Kier alpha value is -3.42. The van der Waals surface area contributed by atoms with Gasteiger partial charge in [0.05, 0.1) is 12.7 Å². The standard InChI is InChI=1S/C18H19N5O3/c1-11-5-3-4-6-15(11)26-12(2)9-21-18(25)14-7-8-20-17-13(16(19)24)10-22-23(14)17/h3-8,10,12H,9H2,1-2H3,(H2,19,24)(H,21,25). The highest BCUT2D eigenvalue weighted by molar-refractivity contribution is 5.99. The number of ether oxygens (including phenoxy) is 1. The van der Waals surface area contributed by atoms with E-state index in [1.807, 2.05) is 38.1 Å². The number of carbonyl (C=O) groups excluding carboxylic acids is 2. The van der Waals surface area contributed by atoms with Crippen molar-refractivity contribution in [2.45, 2.75) is 20.0 Å². The van der Waals surface area contributed by atoms with Crippen molar-refractivity contribution in [3.05, 3.63) is 59.5 Å². The third-order valence-electron chi connectivity index (χ3n) is 3.87. The molecular weight excluding hydrogens is 334 g/mol. The molecule has 0 aliphatic rings. The molecule has 1 unspecified atom stereocenters. The van der Waals surface area contributed by atoms with Crippen LogP contribution in [0.2, 0.25) is 0 Å². The molecule has 8 nitrogen and oxygen atoms in total. The van der Waals surface area contributed by atoms with Crippen molar-refractivity contribution in [2.24, 2.45) is 5.73 Å². The van der Waals surface area contributed by atoms with Gasteiger partial charge >= 0.3 is 0 Å². The first-order valence-electron chi connectivity index (χ1n) is 8.10. The average molecular weight is 353 g/mol. The third-order valence-corrected chi connectivity index (χ3v) is 3.87. The van der Waals surface area contributed by atoms with Crippen LogP contribution in [0.15, 0.2) is 42.7 Å². The topological polar surface area (TPSA) is 112 Å². The van der Waals surface area contributed by atoms with Gasteiger partial charge in [-0.2, -0.15) is 5.10 Å². The monoisotopic (exact) mass is 353 g/mol. The number of nitrogens with one attached hydrogen (secondary N) is 1. The molecule has 2 amide bonds. The summed E-state index contributed by atoms with van der Waals surface area (Å²) in [5, 5.41) is 6.83. The fourth-order valence-electron chi connectivity index (χ4n) is 2.51. The summed E-state index contributed by atoms with van der Waals surface area (Å²) < 4.78 is 7.14. The Morgan fingerprint density at radius 3 is 2.81 bits per heavy atom. The van der Waals surface area contributed by atoms with E-state index in [1.54, 1.807) is 0 Å². The van der Waals surface area contributed by atoms with Gasteiger partial charge < -0.3 is 15.8 Å². The van der Waals surface area contributed by atoms with Crippen molar-refractivity contribution >= 4 is 17.5 Å². The molecule has 0 bridgehead atoms. The Morgan fingerprint density at radius 1 is 1.31 bits per heavy atom. The molecule has 3 aromatic rings. The van der Waals surface area contributed by atoms with E-state index in [2.05, 4.69) is 15.4 Å². The molecule has 0 fully saturated rings. The Balaban J connectivity index is 1.70. The first-order valence-corrected chi connectivity index (χ1v) is 8.10. The molecule has 0 saturated heterocycles. The van der Waals surface area contributed by atoms with Crippen LogP contribution >= 0.6 is 0 Å². The van der Waals surface area contributed by atoms with Crippen LogP contribution in [0, 0.1) is 6.92 Å². The van der Waals surface area contributed by atoms with Crippen molar-refractivity contribution in [2.75, 3.05) is 6.54 Å². The maximum absolute atomic E-state index is 12.5. The summed E-state index contributed by atoms with van der Waals surface area (Å²) in [5.74, 6) is -0.221. The lowest BCUT2D eigenvalue weighted by molar-refractivity contribution is 0.0923. The number of rotatable bonds is 6. The Bertz CT molecular complexity index is 966. The molecule has 134 valence electrons. The summed E-state index contributed by atoms with van der Waals surface area (Å²) in [5.41, 5.74) is 6.97. The summed E-state index contributed by atoms with van der Waals surface area (Å²) in [7, 11) is 0. The number of hydrogen-bond donors (Lipinski definition) is 2. The minimum atomic E-state index is -0.648. The Morgan fingerprint density at radius 2 is 2.08 bits per heavy atom. The molecule has 2 heterocycles. The van der Waals surface area contributed by atoms with E-state index in [0.717, 1.165) is 11.3 Å². The Kier molecular flexibility index (Phi) is 4.83. The van der Waals surface area contributed by atoms with Gasteiger partial charge in [-0.3, -0.25) is 9.59 Å². The highest BCUT2D eigenvalue weighted by Crippen LogP contribution is 2.17. The maximum atomic E-state index is 12.5. The number of carbonyl (C=O) groups is 2. The number of hydrogen-bond acceptors (Lipinski definition) is 5. The van der Waals surface area contributed by atoms with Crippen molar-refractivity contribution in [1.82, 2.24) is 19.9 Å². The highest BCUT2D eigenvalue weighted by Gasteiger charge is 2.17. The Labute approximate surface area is 150 Å². The summed E-state index contributed by atoms with van der Waals surface area (Å²) in [6, 6.07) is 9.20. The van der Waals surface area contributed by atoms with Gasteiger partial charge in [0.2, 0.25) is 0 Å². The van der Waals surface area contributed by atoms with Gasteiger partial charge in [-0.1, -0.05) is 18.2 Å². The van der Waals surface area contributed by atoms with E-state index in [4.69, 9.17) is 10.5 Å². The van der Waals surface area contributed by atoms with E-state index >= 15 is 0 Å². The number of nitrogens with two attached hydrogens (primary N) is 1. The lowest BCUT2D eigenvalue weighted by atomic mass is 10.2. The second-order valence-electron chi connectivity index (χ2n) is 5.89. The number of aromatic nitrogens is 3. The molecule has 0 saturated carbocycles. The second-order valence-corrected chi connectivity index (χ2v) is 5.89. The fourth-order valence-corrected chi connectivity index (χ4v) is 2.51. The van der Waals surface area contributed by atoms with Crippen LogP contribution < -0.4 is 15.8 Å². The molecule has 8 heteroatoms. The van der Waals surface area contributed by atoms with Gasteiger partial charge in [-0.05, 0) is 31.5 Å². The molecule has 1 aromatic carbocycles.